The molecule has 0 saturated carbocycles. The van der Waals surface area contributed by atoms with Gasteiger partial charge in [-0.05, 0) is 31.9 Å². The zero-order valence-electron chi connectivity index (χ0n) is 12.9. The SMILES string of the molecule is Cc1cc(NC(=O)NC2CCCN(c3ccccc3F)C2)on1. The molecule has 0 bridgehead atoms. The summed E-state index contributed by atoms with van der Waals surface area (Å²) in [5.74, 6) is 0.0662. The van der Waals surface area contributed by atoms with E-state index in [0.717, 1.165) is 19.4 Å². The molecule has 1 fully saturated rings. The number of carbonyl (C=O) groups is 1. The summed E-state index contributed by atoms with van der Waals surface area (Å²) >= 11 is 0. The van der Waals surface area contributed by atoms with Crippen LogP contribution in [0.3, 0.4) is 0 Å². The maximum absolute atomic E-state index is 13.9. The first kappa shape index (κ1) is 15.3. The Hall–Kier alpha value is -2.57. The molecule has 6 nitrogen and oxygen atoms in total. The highest BCUT2D eigenvalue weighted by molar-refractivity contribution is 5.88. The molecule has 1 unspecified atom stereocenters. The predicted molar refractivity (Wildman–Crippen MR) is 85.0 cm³/mol. The summed E-state index contributed by atoms with van der Waals surface area (Å²) in [5.41, 5.74) is 1.27. The van der Waals surface area contributed by atoms with Crippen LogP contribution < -0.4 is 15.5 Å². The quantitative estimate of drug-likeness (QED) is 0.913. The van der Waals surface area contributed by atoms with Gasteiger partial charge in [-0.2, -0.15) is 0 Å². The minimum Gasteiger partial charge on any atom is -0.367 e. The van der Waals surface area contributed by atoms with Crippen LogP contribution in [0.25, 0.3) is 0 Å². The molecule has 1 aliphatic rings. The van der Waals surface area contributed by atoms with Gasteiger partial charge in [0.2, 0.25) is 5.88 Å². The van der Waals surface area contributed by atoms with Crippen molar-refractivity contribution in [3.05, 3.63) is 41.8 Å². The van der Waals surface area contributed by atoms with Crippen molar-refractivity contribution >= 4 is 17.6 Å². The fourth-order valence-corrected chi connectivity index (χ4v) is 2.78. The van der Waals surface area contributed by atoms with Gasteiger partial charge in [0, 0.05) is 25.2 Å². The predicted octanol–water partition coefficient (Wildman–Crippen LogP) is 2.91. The molecular formula is C16H19FN4O2. The fourth-order valence-electron chi connectivity index (χ4n) is 2.78. The Labute approximate surface area is 133 Å². The van der Waals surface area contributed by atoms with Crippen LogP contribution in [0.15, 0.2) is 34.9 Å². The van der Waals surface area contributed by atoms with Crippen LogP contribution in [-0.4, -0.2) is 30.3 Å². The largest absolute Gasteiger partial charge is 0.367 e. The third-order valence-corrected chi connectivity index (χ3v) is 3.81. The van der Waals surface area contributed by atoms with E-state index in [1.807, 2.05) is 11.0 Å². The number of piperidine rings is 1. The Balaban J connectivity index is 1.58. The number of anilines is 2. The monoisotopic (exact) mass is 318 g/mol. The van der Waals surface area contributed by atoms with E-state index in [0.29, 0.717) is 23.8 Å². The number of nitrogens with zero attached hydrogens (tertiary/aromatic N) is 2. The van der Waals surface area contributed by atoms with Crippen molar-refractivity contribution in [3.63, 3.8) is 0 Å². The van der Waals surface area contributed by atoms with Gasteiger partial charge in [-0.25, -0.2) is 9.18 Å². The van der Waals surface area contributed by atoms with E-state index in [4.69, 9.17) is 4.52 Å². The summed E-state index contributed by atoms with van der Waals surface area (Å²) in [6.45, 7) is 3.13. The van der Waals surface area contributed by atoms with Crippen molar-refractivity contribution in [2.45, 2.75) is 25.8 Å². The number of halogens is 1. The van der Waals surface area contributed by atoms with Gasteiger partial charge in [0.15, 0.2) is 0 Å². The number of aryl methyl sites for hydroxylation is 1. The van der Waals surface area contributed by atoms with Crippen molar-refractivity contribution in [1.82, 2.24) is 10.5 Å². The summed E-state index contributed by atoms with van der Waals surface area (Å²) in [6, 6.07) is 7.95. The first-order valence-corrected chi connectivity index (χ1v) is 7.62. The molecule has 3 rings (SSSR count). The third kappa shape index (κ3) is 3.80. The number of hydrogen-bond donors (Lipinski definition) is 2. The lowest BCUT2D eigenvalue weighted by atomic mass is 10.0. The minimum absolute atomic E-state index is 0.0487. The molecule has 2 N–H and O–H groups in total. The first-order chi connectivity index (χ1) is 11.1. The zero-order valence-corrected chi connectivity index (χ0v) is 12.9. The Morgan fingerprint density at radius 2 is 2.26 bits per heavy atom. The summed E-state index contributed by atoms with van der Waals surface area (Å²) in [5, 5.41) is 9.21. The van der Waals surface area contributed by atoms with Crippen molar-refractivity contribution in [3.8, 4) is 0 Å². The van der Waals surface area contributed by atoms with E-state index in [2.05, 4.69) is 15.8 Å². The second-order valence-electron chi connectivity index (χ2n) is 5.67. The van der Waals surface area contributed by atoms with Gasteiger partial charge in [-0.15, -0.1) is 0 Å². The number of benzene rings is 1. The maximum Gasteiger partial charge on any atom is 0.321 e. The highest BCUT2D eigenvalue weighted by Crippen LogP contribution is 2.23. The molecule has 1 aromatic carbocycles. The zero-order chi connectivity index (χ0) is 16.2. The lowest BCUT2D eigenvalue weighted by Gasteiger charge is -2.34. The molecule has 2 aromatic rings. The van der Waals surface area contributed by atoms with Crippen molar-refractivity contribution in [2.75, 3.05) is 23.3 Å². The number of carbonyl (C=O) groups excluding carboxylic acids is 1. The Kier molecular flexibility index (Phi) is 4.45. The average molecular weight is 318 g/mol. The number of amides is 2. The smallest absolute Gasteiger partial charge is 0.321 e. The molecule has 122 valence electrons. The van der Waals surface area contributed by atoms with E-state index in [1.165, 1.54) is 6.07 Å². The minimum atomic E-state index is -0.346. The topological polar surface area (TPSA) is 70.4 Å². The number of para-hydroxylation sites is 1. The van der Waals surface area contributed by atoms with Crippen LogP contribution in [0.4, 0.5) is 20.8 Å². The molecule has 0 aliphatic carbocycles. The second kappa shape index (κ2) is 6.68. The highest BCUT2D eigenvalue weighted by Gasteiger charge is 2.23. The molecular weight excluding hydrogens is 299 g/mol. The molecule has 0 radical (unpaired) electrons. The summed E-state index contributed by atoms with van der Waals surface area (Å²) in [4.78, 5) is 14.0. The molecule has 2 amide bonds. The van der Waals surface area contributed by atoms with E-state index >= 15 is 0 Å². The Morgan fingerprint density at radius 1 is 1.43 bits per heavy atom. The van der Waals surface area contributed by atoms with Gasteiger partial charge < -0.3 is 14.7 Å². The van der Waals surface area contributed by atoms with Gasteiger partial charge in [-0.3, -0.25) is 5.32 Å². The van der Waals surface area contributed by atoms with Crippen molar-refractivity contribution < 1.29 is 13.7 Å². The van der Waals surface area contributed by atoms with Gasteiger partial charge >= 0.3 is 6.03 Å². The number of aromatic nitrogens is 1. The molecule has 1 aliphatic heterocycles. The number of hydrogen-bond acceptors (Lipinski definition) is 4. The van der Waals surface area contributed by atoms with Crippen LogP contribution in [0.5, 0.6) is 0 Å². The van der Waals surface area contributed by atoms with Crippen LogP contribution in [-0.2, 0) is 0 Å². The molecule has 1 atom stereocenters. The maximum atomic E-state index is 13.9. The highest BCUT2D eigenvalue weighted by atomic mass is 19.1. The summed E-state index contributed by atoms with van der Waals surface area (Å²) in [6.07, 6.45) is 1.74. The first-order valence-electron chi connectivity index (χ1n) is 7.62. The molecule has 7 heteroatoms. The van der Waals surface area contributed by atoms with Crippen molar-refractivity contribution in [2.24, 2.45) is 0 Å². The van der Waals surface area contributed by atoms with Gasteiger partial charge in [0.25, 0.3) is 0 Å². The van der Waals surface area contributed by atoms with Gasteiger partial charge in [-0.1, -0.05) is 17.3 Å². The van der Waals surface area contributed by atoms with Crippen LogP contribution in [0.1, 0.15) is 18.5 Å². The van der Waals surface area contributed by atoms with Crippen molar-refractivity contribution in [1.29, 1.82) is 0 Å². The molecule has 23 heavy (non-hydrogen) atoms. The summed E-state index contributed by atoms with van der Waals surface area (Å²) in [7, 11) is 0. The standard InChI is InChI=1S/C16H19FN4O2/c1-11-9-15(23-20-11)19-16(22)18-12-5-4-8-21(10-12)14-7-3-2-6-13(14)17/h2-3,6-7,9,12H,4-5,8,10H2,1H3,(H2,18,19,22). The Bertz CT molecular complexity index is 688. The Morgan fingerprint density at radius 3 is 3.00 bits per heavy atom. The van der Waals surface area contributed by atoms with Crippen LogP contribution >= 0.6 is 0 Å². The van der Waals surface area contributed by atoms with E-state index in [1.54, 1.807) is 25.1 Å². The van der Waals surface area contributed by atoms with E-state index in [9.17, 15) is 9.18 Å². The van der Waals surface area contributed by atoms with Crippen LogP contribution in [0, 0.1) is 12.7 Å². The van der Waals surface area contributed by atoms with E-state index in [-0.39, 0.29) is 17.9 Å². The van der Waals surface area contributed by atoms with Gasteiger partial charge in [0.1, 0.15) is 5.82 Å². The average Bonchev–Trinajstić information content (AvgIpc) is 2.93. The lowest BCUT2D eigenvalue weighted by Crippen LogP contribution is -2.49. The second-order valence-corrected chi connectivity index (χ2v) is 5.67. The summed E-state index contributed by atoms with van der Waals surface area (Å²) < 4.78 is 18.8. The number of nitrogens with one attached hydrogen (secondary N) is 2. The molecule has 0 spiro atoms. The lowest BCUT2D eigenvalue weighted by molar-refractivity contribution is 0.245. The van der Waals surface area contributed by atoms with Crippen LogP contribution in [0.2, 0.25) is 0 Å². The molecule has 2 heterocycles. The normalized spacial score (nSPS) is 17.8. The third-order valence-electron chi connectivity index (χ3n) is 3.81. The molecule has 1 aromatic heterocycles. The number of urea groups is 1. The fraction of sp³-hybridized carbons (Fsp3) is 0.375. The number of rotatable bonds is 3. The van der Waals surface area contributed by atoms with E-state index < -0.39 is 0 Å². The molecule has 1 saturated heterocycles. The van der Waals surface area contributed by atoms with Gasteiger partial charge in [0.05, 0.1) is 11.4 Å².